The van der Waals surface area contributed by atoms with Crippen LogP contribution in [0.3, 0.4) is 0 Å². The fourth-order valence-corrected chi connectivity index (χ4v) is 3.31. The molecule has 0 bridgehead atoms. The number of nitrogens with one attached hydrogen (secondary N) is 2. The molecule has 3 N–H and O–H groups in total. The molecule has 0 unspecified atom stereocenters. The maximum absolute atomic E-state index is 12.3. The lowest BCUT2D eigenvalue weighted by Gasteiger charge is -2.09. The summed E-state index contributed by atoms with van der Waals surface area (Å²) in [6.07, 6.45) is 1.09. The molecule has 0 spiro atoms. The van der Waals surface area contributed by atoms with E-state index in [0.717, 1.165) is 5.56 Å². The SMILES string of the molecule is O=C(COc1ccc(S(=O)(=O)NCCc2ccccc2)cc1)NCCCO. The van der Waals surface area contributed by atoms with Crippen LogP contribution in [0, 0.1) is 0 Å². The van der Waals surface area contributed by atoms with Gasteiger partial charge in [0.15, 0.2) is 6.61 Å². The highest BCUT2D eigenvalue weighted by Crippen LogP contribution is 2.16. The first-order valence-electron chi connectivity index (χ1n) is 8.65. The predicted molar refractivity (Wildman–Crippen MR) is 102 cm³/mol. The minimum absolute atomic E-state index is 0.0104. The number of rotatable bonds is 11. The number of aliphatic hydroxyl groups excluding tert-OH is 1. The summed E-state index contributed by atoms with van der Waals surface area (Å²) in [5, 5.41) is 11.3. The average Bonchev–Trinajstić information content (AvgIpc) is 2.68. The Morgan fingerprint density at radius 3 is 2.37 bits per heavy atom. The van der Waals surface area contributed by atoms with Crippen molar-refractivity contribution in [2.45, 2.75) is 17.7 Å². The number of carbonyl (C=O) groups excluding carboxylic acids is 1. The minimum Gasteiger partial charge on any atom is -0.484 e. The first-order chi connectivity index (χ1) is 13.0. The Morgan fingerprint density at radius 2 is 1.70 bits per heavy atom. The van der Waals surface area contributed by atoms with Crippen LogP contribution in [0.15, 0.2) is 59.5 Å². The second kappa shape index (κ2) is 10.7. The van der Waals surface area contributed by atoms with Crippen LogP contribution in [-0.4, -0.2) is 45.7 Å². The van der Waals surface area contributed by atoms with E-state index in [4.69, 9.17) is 9.84 Å². The topological polar surface area (TPSA) is 105 Å². The van der Waals surface area contributed by atoms with Crippen LogP contribution in [0.5, 0.6) is 5.75 Å². The van der Waals surface area contributed by atoms with Gasteiger partial charge in [0.1, 0.15) is 5.75 Å². The van der Waals surface area contributed by atoms with Crippen LogP contribution in [0.25, 0.3) is 0 Å². The van der Waals surface area contributed by atoms with Crippen molar-refractivity contribution in [3.63, 3.8) is 0 Å². The van der Waals surface area contributed by atoms with Gasteiger partial charge in [0.2, 0.25) is 10.0 Å². The van der Waals surface area contributed by atoms with Gasteiger partial charge in [-0.2, -0.15) is 0 Å². The number of sulfonamides is 1. The third-order valence-electron chi connectivity index (χ3n) is 3.71. The van der Waals surface area contributed by atoms with Crippen molar-refractivity contribution in [1.82, 2.24) is 10.0 Å². The van der Waals surface area contributed by atoms with Crippen LogP contribution in [-0.2, 0) is 21.2 Å². The Kier molecular flexibility index (Phi) is 8.25. The fourth-order valence-electron chi connectivity index (χ4n) is 2.28. The zero-order chi connectivity index (χ0) is 19.5. The first-order valence-corrected chi connectivity index (χ1v) is 10.1. The number of aliphatic hydroxyl groups is 1. The van der Waals surface area contributed by atoms with Gasteiger partial charge in [0, 0.05) is 19.7 Å². The van der Waals surface area contributed by atoms with Crippen molar-refractivity contribution >= 4 is 15.9 Å². The van der Waals surface area contributed by atoms with Gasteiger partial charge in [0.25, 0.3) is 5.91 Å². The second-order valence-electron chi connectivity index (χ2n) is 5.82. The molecule has 0 aliphatic carbocycles. The highest BCUT2D eigenvalue weighted by atomic mass is 32.2. The maximum Gasteiger partial charge on any atom is 0.257 e. The summed E-state index contributed by atoms with van der Waals surface area (Å²) in [4.78, 5) is 11.7. The van der Waals surface area contributed by atoms with Crippen molar-refractivity contribution in [1.29, 1.82) is 0 Å². The van der Waals surface area contributed by atoms with E-state index in [1.54, 1.807) is 0 Å². The zero-order valence-electron chi connectivity index (χ0n) is 14.9. The molecule has 2 rings (SSSR count). The zero-order valence-corrected chi connectivity index (χ0v) is 15.7. The molecule has 0 aliphatic rings. The third kappa shape index (κ3) is 7.38. The molecule has 0 aromatic heterocycles. The summed E-state index contributed by atoms with van der Waals surface area (Å²) in [5.41, 5.74) is 1.06. The van der Waals surface area contributed by atoms with Crippen LogP contribution in [0.1, 0.15) is 12.0 Å². The Labute approximate surface area is 159 Å². The number of hydrogen-bond acceptors (Lipinski definition) is 5. The van der Waals surface area contributed by atoms with Crippen molar-refractivity contribution in [3.05, 3.63) is 60.2 Å². The molecule has 0 radical (unpaired) electrons. The van der Waals surface area contributed by atoms with Gasteiger partial charge in [-0.25, -0.2) is 13.1 Å². The highest BCUT2D eigenvalue weighted by Gasteiger charge is 2.13. The van der Waals surface area contributed by atoms with E-state index in [1.165, 1.54) is 24.3 Å². The first kappa shape index (κ1) is 20.9. The molecule has 0 saturated carbocycles. The van der Waals surface area contributed by atoms with E-state index >= 15 is 0 Å². The number of hydrogen-bond donors (Lipinski definition) is 3. The van der Waals surface area contributed by atoms with E-state index in [1.807, 2.05) is 30.3 Å². The van der Waals surface area contributed by atoms with Crippen molar-refractivity contribution in [3.8, 4) is 5.75 Å². The van der Waals surface area contributed by atoms with Crippen molar-refractivity contribution in [2.24, 2.45) is 0 Å². The van der Waals surface area contributed by atoms with Crippen molar-refractivity contribution in [2.75, 3.05) is 26.3 Å². The molecule has 7 nitrogen and oxygen atoms in total. The van der Waals surface area contributed by atoms with E-state index in [9.17, 15) is 13.2 Å². The normalized spacial score (nSPS) is 11.1. The number of carbonyl (C=O) groups is 1. The number of benzene rings is 2. The lowest BCUT2D eigenvalue weighted by atomic mass is 10.2. The maximum atomic E-state index is 12.3. The molecule has 0 heterocycles. The lowest BCUT2D eigenvalue weighted by Crippen LogP contribution is -2.30. The second-order valence-corrected chi connectivity index (χ2v) is 7.59. The van der Waals surface area contributed by atoms with Crippen molar-refractivity contribution < 1.29 is 23.1 Å². The number of amides is 1. The average molecular weight is 392 g/mol. The summed E-state index contributed by atoms with van der Waals surface area (Å²) in [7, 11) is -3.60. The molecule has 0 fully saturated rings. The van der Waals surface area contributed by atoms with E-state index in [2.05, 4.69) is 10.0 Å². The van der Waals surface area contributed by atoms with Gasteiger partial charge < -0.3 is 15.2 Å². The van der Waals surface area contributed by atoms with E-state index < -0.39 is 10.0 Å². The minimum atomic E-state index is -3.60. The van der Waals surface area contributed by atoms with E-state index in [0.29, 0.717) is 31.7 Å². The summed E-state index contributed by atoms with van der Waals surface area (Å²) >= 11 is 0. The molecule has 2 aromatic carbocycles. The summed E-state index contributed by atoms with van der Waals surface area (Å²) in [5.74, 6) is 0.0956. The quantitative estimate of drug-likeness (QED) is 0.497. The molecule has 1 amide bonds. The molecule has 0 atom stereocenters. The standard InChI is InChI=1S/C19H24N2O5S/c22-14-4-12-20-19(23)15-26-17-7-9-18(10-8-17)27(24,25)21-13-11-16-5-2-1-3-6-16/h1-3,5-10,21-22H,4,11-15H2,(H,20,23). The van der Waals surface area contributed by atoms with Crippen LogP contribution in [0.2, 0.25) is 0 Å². The monoisotopic (exact) mass is 392 g/mol. The van der Waals surface area contributed by atoms with Crippen LogP contribution >= 0.6 is 0 Å². The molecule has 8 heteroatoms. The molecule has 146 valence electrons. The Bertz CT molecular complexity index is 808. The van der Waals surface area contributed by atoms with Crippen LogP contribution in [0.4, 0.5) is 0 Å². The molecule has 0 aliphatic heterocycles. The fraction of sp³-hybridized carbons (Fsp3) is 0.316. The van der Waals surface area contributed by atoms with Gasteiger partial charge >= 0.3 is 0 Å². The largest absolute Gasteiger partial charge is 0.484 e. The molecule has 2 aromatic rings. The van der Waals surface area contributed by atoms with Gasteiger partial charge in [-0.3, -0.25) is 4.79 Å². The smallest absolute Gasteiger partial charge is 0.257 e. The third-order valence-corrected chi connectivity index (χ3v) is 5.19. The predicted octanol–water partition coefficient (Wildman–Crippen LogP) is 1.08. The molecule has 27 heavy (non-hydrogen) atoms. The van der Waals surface area contributed by atoms with Crippen LogP contribution < -0.4 is 14.8 Å². The summed E-state index contributed by atoms with van der Waals surface area (Å²) < 4.78 is 32.5. The summed E-state index contributed by atoms with van der Waals surface area (Å²) in [6.45, 7) is 0.520. The Morgan fingerprint density at radius 1 is 1.00 bits per heavy atom. The van der Waals surface area contributed by atoms with Gasteiger partial charge in [-0.15, -0.1) is 0 Å². The summed E-state index contributed by atoms with van der Waals surface area (Å²) in [6, 6.07) is 15.5. The Balaban J connectivity index is 1.81. The van der Waals surface area contributed by atoms with Gasteiger partial charge in [-0.05, 0) is 42.7 Å². The molecular weight excluding hydrogens is 368 g/mol. The lowest BCUT2D eigenvalue weighted by molar-refractivity contribution is -0.123. The molecule has 0 saturated heterocycles. The van der Waals surface area contributed by atoms with Gasteiger partial charge in [0.05, 0.1) is 4.90 Å². The van der Waals surface area contributed by atoms with E-state index in [-0.39, 0.29) is 24.0 Å². The number of ether oxygens (including phenoxy) is 1. The van der Waals surface area contributed by atoms with Gasteiger partial charge in [-0.1, -0.05) is 30.3 Å². The highest BCUT2D eigenvalue weighted by molar-refractivity contribution is 7.89. The Hall–Kier alpha value is -2.42. The molecular formula is C19H24N2O5S.